The molecule has 5 rings (SSSR count). The van der Waals surface area contributed by atoms with E-state index in [1.165, 1.54) is 12.8 Å². The molecular weight excluding hydrogens is 378 g/mol. The number of H-pyrrole nitrogens is 1. The van der Waals surface area contributed by atoms with Crippen LogP contribution in [0.2, 0.25) is 0 Å². The van der Waals surface area contributed by atoms with Crippen molar-refractivity contribution in [2.45, 2.75) is 57.2 Å². The second kappa shape index (κ2) is 7.88. The van der Waals surface area contributed by atoms with E-state index in [0.717, 1.165) is 41.8 Å². The third-order valence-electron chi connectivity index (χ3n) is 6.15. The average molecular weight is 403 g/mol. The van der Waals surface area contributed by atoms with E-state index in [0.29, 0.717) is 36.3 Å². The van der Waals surface area contributed by atoms with E-state index in [-0.39, 0.29) is 0 Å². The summed E-state index contributed by atoms with van der Waals surface area (Å²) in [4.78, 5) is 16.2. The monoisotopic (exact) mass is 403 g/mol. The summed E-state index contributed by atoms with van der Waals surface area (Å²) in [6, 6.07) is 7.55. The summed E-state index contributed by atoms with van der Waals surface area (Å²) in [7, 11) is 0. The first-order chi connectivity index (χ1) is 14.7. The molecule has 3 aromatic rings. The molecule has 154 valence electrons. The lowest BCUT2D eigenvalue weighted by molar-refractivity contribution is 0.135. The number of aromatic nitrogens is 5. The normalized spacial score (nSPS) is 23.4. The number of fused-ring (bicyclic) bond motifs is 3. The van der Waals surface area contributed by atoms with Crippen molar-refractivity contribution in [3.63, 3.8) is 0 Å². The maximum Gasteiger partial charge on any atom is 0.225 e. The lowest BCUT2D eigenvalue weighted by Gasteiger charge is -2.38. The lowest BCUT2D eigenvalue weighted by Crippen LogP contribution is -2.47. The fourth-order valence-electron chi connectivity index (χ4n) is 4.86. The van der Waals surface area contributed by atoms with Crippen LogP contribution < -0.4 is 10.6 Å². The molecule has 0 aliphatic carbocycles. The largest absolute Gasteiger partial charge is 0.351 e. The minimum atomic E-state index is 0.329. The summed E-state index contributed by atoms with van der Waals surface area (Å²) >= 11 is 0. The molecule has 0 radical (unpaired) electrons. The Morgan fingerprint density at radius 2 is 2.10 bits per heavy atom. The van der Waals surface area contributed by atoms with Crippen molar-refractivity contribution in [1.82, 2.24) is 30.0 Å². The van der Waals surface area contributed by atoms with Gasteiger partial charge >= 0.3 is 0 Å². The van der Waals surface area contributed by atoms with Crippen molar-refractivity contribution in [2.24, 2.45) is 0 Å². The number of aryl methyl sites for hydroxylation is 1. The van der Waals surface area contributed by atoms with Gasteiger partial charge in [-0.05, 0) is 38.7 Å². The lowest BCUT2D eigenvalue weighted by atomic mass is 9.97. The number of hydrogen-bond donors (Lipinski definition) is 3. The molecule has 0 spiro atoms. The number of rotatable bonds is 6. The van der Waals surface area contributed by atoms with E-state index in [1.807, 2.05) is 19.1 Å². The van der Waals surface area contributed by atoms with E-state index >= 15 is 0 Å². The molecule has 0 unspecified atom stereocenters. The molecule has 5 heterocycles. The summed E-state index contributed by atoms with van der Waals surface area (Å²) in [6.45, 7) is 2.85. The smallest absolute Gasteiger partial charge is 0.225 e. The van der Waals surface area contributed by atoms with E-state index in [4.69, 9.17) is 15.2 Å². The van der Waals surface area contributed by atoms with Gasteiger partial charge in [0.25, 0.3) is 0 Å². The zero-order valence-electron chi connectivity index (χ0n) is 17.0. The second-order valence-corrected chi connectivity index (χ2v) is 8.19. The van der Waals surface area contributed by atoms with Crippen LogP contribution in [-0.2, 0) is 0 Å². The van der Waals surface area contributed by atoms with Crippen LogP contribution in [0.4, 0.5) is 17.6 Å². The summed E-state index contributed by atoms with van der Waals surface area (Å²) in [5, 5.41) is 23.9. The van der Waals surface area contributed by atoms with Crippen LogP contribution in [0.5, 0.6) is 0 Å². The van der Waals surface area contributed by atoms with Crippen LogP contribution in [0.3, 0.4) is 0 Å². The molecule has 2 fully saturated rings. The van der Waals surface area contributed by atoms with Gasteiger partial charge < -0.3 is 10.6 Å². The fourth-order valence-corrected chi connectivity index (χ4v) is 4.86. The number of piperidine rings is 1. The van der Waals surface area contributed by atoms with Crippen LogP contribution in [0, 0.1) is 18.3 Å². The van der Waals surface area contributed by atoms with Crippen molar-refractivity contribution >= 4 is 28.5 Å². The summed E-state index contributed by atoms with van der Waals surface area (Å²) < 4.78 is 0. The highest BCUT2D eigenvalue weighted by atomic mass is 15.3. The molecule has 9 heteroatoms. The molecule has 3 N–H and O–H groups in total. The van der Waals surface area contributed by atoms with E-state index in [9.17, 15) is 0 Å². The number of nitrogens with zero attached hydrogens (tertiary/aromatic N) is 6. The Morgan fingerprint density at radius 3 is 2.83 bits per heavy atom. The van der Waals surface area contributed by atoms with Crippen molar-refractivity contribution in [2.75, 3.05) is 17.2 Å². The Bertz CT molecular complexity index is 1070. The molecule has 2 aliphatic heterocycles. The minimum Gasteiger partial charge on any atom is -0.351 e. The Kier molecular flexibility index (Phi) is 4.93. The number of nitriles is 1. The van der Waals surface area contributed by atoms with Crippen molar-refractivity contribution in [3.8, 4) is 6.07 Å². The number of nitrogens with one attached hydrogen (secondary N) is 3. The summed E-state index contributed by atoms with van der Waals surface area (Å²) in [5.74, 6) is 2.05. The van der Waals surface area contributed by atoms with Gasteiger partial charge in [0, 0.05) is 54.4 Å². The quantitative estimate of drug-likeness (QED) is 0.574. The Hall–Kier alpha value is -3.25. The first-order valence-corrected chi connectivity index (χ1v) is 10.5. The molecule has 2 bridgehead atoms. The molecule has 2 aliphatic rings. The Balaban J connectivity index is 1.37. The highest BCUT2D eigenvalue weighted by Gasteiger charge is 2.40. The molecule has 2 saturated heterocycles. The second-order valence-electron chi connectivity index (χ2n) is 8.19. The third-order valence-corrected chi connectivity index (χ3v) is 6.15. The molecule has 3 atom stereocenters. The number of anilines is 3. The number of aromatic amines is 1. The van der Waals surface area contributed by atoms with E-state index in [1.54, 1.807) is 12.4 Å². The van der Waals surface area contributed by atoms with Gasteiger partial charge in [-0.2, -0.15) is 15.3 Å². The predicted octanol–water partition coefficient (Wildman–Crippen LogP) is 3.12. The standard InChI is InChI=1S/C21H25N9/c1-13-9-19(29-28-13)26-20-17-5-7-23-12-18(17)25-21(27-20)24-14-10-15-3-4-16(11-14)30(15)8-2-6-22/h5,7,9,12,14-16H,2-4,8,10-11H2,1H3,(H3,24,25,26,27,28,29)/t14-,15-,16+. The van der Waals surface area contributed by atoms with Crippen molar-refractivity contribution in [3.05, 3.63) is 30.2 Å². The Labute approximate surface area is 174 Å². The van der Waals surface area contributed by atoms with Crippen molar-refractivity contribution in [1.29, 1.82) is 5.26 Å². The van der Waals surface area contributed by atoms with Crippen molar-refractivity contribution < 1.29 is 0 Å². The third kappa shape index (κ3) is 3.66. The Morgan fingerprint density at radius 1 is 1.27 bits per heavy atom. The van der Waals surface area contributed by atoms with Crippen LogP contribution in [0.15, 0.2) is 24.5 Å². The van der Waals surface area contributed by atoms with E-state index < -0.39 is 0 Å². The zero-order valence-corrected chi connectivity index (χ0v) is 17.0. The van der Waals surface area contributed by atoms with Gasteiger partial charge in [0.15, 0.2) is 5.82 Å². The van der Waals surface area contributed by atoms with Gasteiger partial charge in [0.05, 0.1) is 17.8 Å². The van der Waals surface area contributed by atoms with Crippen LogP contribution in [0.1, 0.15) is 37.8 Å². The fraction of sp³-hybridized carbons (Fsp3) is 0.476. The average Bonchev–Trinajstić information content (AvgIpc) is 3.25. The molecule has 9 nitrogen and oxygen atoms in total. The first-order valence-electron chi connectivity index (χ1n) is 10.5. The van der Waals surface area contributed by atoms with E-state index in [2.05, 4.69) is 36.8 Å². The highest BCUT2D eigenvalue weighted by molar-refractivity contribution is 5.90. The van der Waals surface area contributed by atoms with Crippen LogP contribution in [0.25, 0.3) is 10.9 Å². The zero-order chi connectivity index (χ0) is 20.5. The highest BCUT2D eigenvalue weighted by Crippen LogP contribution is 2.37. The predicted molar refractivity (Wildman–Crippen MR) is 114 cm³/mol. The molecule has 0 aromatic carbocycles. The molecule has 0 amide bonds. The molecule has 3 aromatic heterocycles. The molecule has 30 heavy (non-hydrogen) atoms. The number of hydrogen-bond acceptors (Lipinski definition) is 8. The summed E-state index contributed by atoms with van der Waals surface area (Å²) in [5.41, 5.74) is 1.77. The SMILES string of the molecule is Cc1cc(Nc2nc(N[C@@H]3C[C@H]4CC[C@@H](C3)N4CCC#N)nc3cnccc23)n[nH]1. The van der Waals surface area contributed by atoms with Gasteiger partial charge in [-0.25, -0.2) is 4.98 Å². The van der Waals surface area contributed by atoms with Gasteiger partial charge in [0.2, 0.25) is 5.95 Å². The van der Waals surface area contributed by atoms with Crippen LogP contribution >= 0.6 is 0 Å². The topological polar surface area (TPSA) is 118 Å². The van der Waals surface area contributed by atoms with Gasteiger partial charge in [-0.3, -0.25) is 15.0 Å². The first kappa shape index (κ1) is 18.8. The van der Waals surface area contributed by atoms with Gasteiger partial charge in [-0.15, -0.1) is 0 Å². The maximum absolute atomic E-state index is 8.93. The maximum atomic E-state index is 8.93. The molecular formula is C21H25N9. The number of pyridine rings is 1. The van der Waals surface area contributed by atoms with Gasteiger partial charge in [-0.1, -0.05) is 0 Å². The molecule has 0 saturated carbocycles. The minimum absolute atomic E-state index is 0.329. The van der Waals surface area contributed by atoms with Gasteiger partial charge in [0.1, 0.15) is 5.82 Å². The summed E-state index contributed by atoms with van der Waals surface area (Å²) in [6.07, 6.45) is 8.64. The van der Waals surface area contributed by atoms with Crippen LogP contribution in [-0.4, -0.2) is 54.7 Å².